The number of benzene rings is 1. The lowest BCUT2D eigenvalue weighted by molar-refractivity contribution is -0.00164. The second-order valence-electron chi connectivity index (χ2n) is 4.41. The van der Waals surface area contributed by atoms with Crippen LogP contribution < -0.4 is 0 Å². The summed E-state index contributed by atoms with van der Waals surface area (Å²) in [5.74, 6) is -0.262. The average Bonchev–Trinajstić information content (AvgIpc) is 2.40. The van der Waals surface area contributed by atoms with Gasteiger partial charge in [0.05, 0.1) is 18.3 Å². The summed E-state index contributed by atoms with van der Waals surface area (Å²) in [4.78, 5) is 12.2. The highest BCUT2D eigenvalue weighted by Crippen LogP contribution is 2.22. The zero-order valence-electron chi connectivity index (χ0n) is 10.2. The van der Waals surface area contributed by atoms with Crippen LogP contribution in [0.2, 0.25) is 0 Å². The lowest BCUT2D eigenvalue weighted by Gasteiger charge is -2.26. The molecule has 1 aromatic rings. The monoisotopic (exact) mass is 312 g/mol. The van der Waals surface area contributed by atoms with Gasteiger partial charge in [0.1, 0.15) is 0 Å². The number of carbonyl (C=O) groups is 1. The van der Waals surface area contributed by atoms with Crippen molar-refractivity contribution in [1.29, 1.82) is 0 Å². The van der Waals surface area contributed by atoms with Gasteiger partial charge < -0.3 is 9.47 Å². The molecule has 0 N–H and O–H groups in total. The number of hydrogen-bond donors (Lipinski definition) is 0. The minimum absolute atomic E-state index is 0.201. The van der Waals surface area contributed by atoms with Crippen LogP contribution in [0.5, 0.6) is 0 Å². The second kappa shape index (κ2) is 6.90. The fourth-order valence-corrected chi connectivity index (χ4v) is 2.58. The predicted octanol–water partition coefficient (Wildman–Crippen LogP) is 3.18. The molecule has 3 nitrogen and oxygen atoms in total. The zero-order valence-corrected chi connectivity index (χ0v) is 11.8. The van der Waals surface area contributed by atoms with Gasteiger partial charge in [-0.2, -0.15) is 0 Å². The van der Waals surface area contributed by atoms with E-state index in [1.54, 1.807) is 12.1 Å². The Morgan fingerprint density at radius 1 is 1.39 bits per heavy atom. The predicted molar refractivity (Wildman–Crippen MR) is 73.0 cm³/mol. The van der Waals surface area contributed by atoms with Gasteiger partial charge in [-0.05, 0) is 25.0 Å². The van der Waals surface area contributed by atoms with Crippen molar-refractivity contribution in [2.45, 2.75) is 30.2 Å². The quantitative estimate of drug-likeness (QED) is 0.633. The van der Waals surface area contributed by atoms with Gasteiger partial charge in [-0.3, -0.25) is 0 Å². The van der Waals surface area contributed by atoms with Crippen molar-refractivity contribution >= 4 is 21.9 Å². The number of esters is 1. The summed E-state index contributed by atoms with van der Waals surface area (Å²) in [7, 11) is 0. The topological polar surface area (TPSA) is 35.5 Å². The molecule has 0 amide bonds. The highest BCUT2D eigenvalue weighted by Gasteiger charge is 2.20. The smallest absolute Gasteiger partial charge is 0.338 e. The van der Waals surface area contributed by atoms with Crippen LogP contribution in [0.4, 0.5) is 0 Å². The molecule has 0 unspecified atom stereocenters. The first-order valence-corrected chi connectivity index (χ1v) is 7.15. The van der Waals surface area contributed by atoms with Gasteiger partial charge in [-0.25, -0.2) is 4.79 Å². The summed E-state index contributed by atoms with van der Waals surface area (Å²) in [6, 6.07) is 9.05. The van der Waals surface area contributed by atoms with Crippen molar-refractivity contribution in [3.05, 3.63) is 35.9 Å². The van der Waals surface area contributed by atoms with E-state index in [2.05, 4.69) is 15.9 Å². The Bertz CT molecular complexity index is 380. The molecule has 0 bridgehead atoms. The first kappa shape index (κ1) is 13.6. The Morgan fingerprint density at radius 2 is 2.17 bits per heavy atom. The van der Waals surface area contributed by atoms with Crippen molar-refractivity contribution < 1.29 is 14.3 Å². The molecule has 98 valence electrons. The third-order valence-electron chi connectivity index (χ3n) is 2.99. The van der Waals surface area contributed by atoms with E-state index in [4.69, 9.17) is 9.47 Å². The fourth-order valence-electron chi connectivity index (χ4n) is 1.98. The van der Waals surface area contributed by atoms with E-state index in [-0.39, 0.29) is 12.1 Å². The van der Waals surface area contributed by atoms with Gasteiger partial charge in [0.2, 0.25) is 0 Å². The molecule has 0 aliphatic carbocycles. The highest BCUT2D eigenvalue weighted by atomic mass is 79.9. The van der Waals surface area contributed by atoms with Gasteiger partial charge >= 0.3 is 5.97 Å². The Kier molecular flexibility index (Phi) is 5.20. The molecule has 1 aromatic carbocycles. The maximum atomic E-state index is 11.7. The van der Waals surface area contributed by atoms with Crippen LogP contribution in [0.25, 0.3) is 0 Å². The van der Waals surface area contributed by atoms with Gasteiger partial charge in [-0.1, -0.05) is 34.1 Å². The molecule has 1 fully saturated rings. The maximum absolute atomic E-state index is 11.7. The van der Waals surface area contributed by atoms with Crippen LogP contribution in [-0.4, -0.2) is 30.1 Å². The van der Waals surface area contributed by atoms with Crippen LogP contribution in [0, 0.1) is 0 Å². The van der Waals surface area contributed by atoms with Crippen molar-refractivity contribution in [1.82, 2.24) is 0 Å². The van der Waals surface area contributed by atoms with Gasteiger partial charge in [-0.15, -0.1) is 0 Å². The minimum Gasteiger partial charge on any atom is -0.462 e. The summed E-state index contributed by atoms with van der Waals surface area (Å²) in [5, 5.41) is 0. The molecule has 1 aliphatic heterocycles. The maximum Gasteiger partial charge on any atom is 0.338 e. The van der Waals surface area contributed by atoms with Gasteiger partial charge in [0.15, 0.2) is 0 Å². The van der Waals surface area contributed by atoms with Crippen LogP contribution >= 0.6 is 15.9 Å². The third-order valence-corrected chi connectivity index (χ3v) is 3.82. The lowest BCUT2D eigenvalue weighted by atomic mass is 10.1. The molecule has 0 aromatic heterocycles. The summed E-state index contributed by atoms with van der Waals surface area (Å²) in [6.45, 7) is 1.20. The molecule has 2 rings (SSSR count). The van der Waals surface area contributed by atoms with E-state index in [1.807, 2.05) is 18.2 Å². The zero-order chi connectivity index (χ0) is 12.8. The molecular weight excluding hydrogens is 296 g/mol. The highest BCUT2D eigenvalue weighted by molar-refractivity contribution is 9.09. The molecule has 4 heteroatoms. The molecule has 1 aliphatic rings. The third kappa shape index (κ3) is 4.10. The molecule has 0 saturated carbocycles. The first-order chi connectivity index (χ1) is 8.75. The Balaban J connectivity index is 1.70. The molecule has 2 atom stereocenters. The number of alkyl halides is 1. The van der Waals surface area contributed by atoms with Crippen molar-refractivity contribution in [2.75, 3.05) is 13.2 Å². The van der Waals surface area contributed by atoms with Crippen LogP contribution in [0.1, 0.15) is 29.6 Å². The largest absolute Gasteiger partial charge is 0.462 e. The number of ether oxygens (including phenoxy) is 2. The van der Waals surface area contributed by atoms with E-state index in [0.29, 0.717) is 17.0 Å². The molecule has 0 spiro atoms. The van der Waals surface area contributed by atoms with Crippen molar-refractivity contribution in [3.63, 3.8) is 0 Å². The number of hydrogen-bond acceptors (Lipinski definition) is 3. The number of rotatable bonds is 4. The van der Waals surface area contributed by atoms with E-state index >= 15 is 0 Å². The first-order valence-electron chi connectivity index (χ1n) is 6.23. The summed E-state index contributed by atoms with van der Waals surface area (Å²) < 4.78 is 10.8. The second-order valence-corrected chi connectivity index (χ2v) is 5.70. The summed E-state index contributed by atoms with van der Waals surface area (Å²) in [6.07, 6.45) is 3.01. The Morgan fingerprint density at radius 3 is 2.89 bits per heavy atom. The van der Waals surface area contributed by atoms with Crippen LogP contribution in [0.3, 0.4) is 0 Å². The van der Waals surface area contributed by atoms with E-state index in [9.17, 15) is 4.79 Å². The molecule has 0 radical (unpaired) electrons. The lowest BCUT2D eigenvalue weighted by Crippen LogP contribution is -2.27. The average molecular weight is 313 g/mol. The Hall–Kier alpha value is -0.870. The fraction of sp³-hybridized carbons (Fsp3) is 0.500. The number of carbonyl (C=O) groups excluding carboxylic acids is 1. The SMILES string of the molecule is O=C(OCC[C@H]1C[C@@H](Br)CCO1)c1ccccc1. The van der Waals surface area contributed by atoms with Crippen molar-refractivity contribution in [3.8, 4) is 0 Å². The molecule has 1 heterocycles. The van der Waals surface area contributed by atoms with Gasteiger partial charge in [0.25, 0.3) is 0 Å². The van der Waals surface area contributed by atoms with Gasteiger partial charge in [0, 0.05) is 17.9 Å². The summed E-state index contributed by atoms with van der Waals surface area (Å²) in [5.41, 5.74) is 0.598. The normalized spacial score (nSPS) is 23.6. The molecular formula is C14H17BrO3. The Labute approximate surface area is 116 Å². The van der Waals surface area contributed by atoms with Crippen LogP contribution in [0.15, 0.2) is 30.3 Å². The molecule has 18 heavy (non-hydrogen) atoms. The molecule has 1 saturated heterocycles. The van der Waals surface area contributed by atoms with Crippen molar-refractivity contribution in [2.24, 2.45) is 0 Å². The number of halogens is 1. The summed E-state index contributed by atoms with van der Waals surface area (Å²) >= 11 is 3.60. The van der Waals surface area contributed by atoms with Crippen LogP contribution in [-0.2, 0) is 9.47 Å². The van der Waals surface area contributed by atoms with E-state index in [1.165, 1.54) is 0 Å². The standard InChI is InChI=1S/C14H17BrO3/c15-12-6-8-17-13(10-12)7-9-18-14(16)11-4-2-1-3-5-11/h1-5,12-13H,6-10H2/t12-,13-/m0/s1. The minimum atomic E-state index is -0.262. The van der Waals surface area contributed by atoms with E-state index < -0.39 is 0 Å². The van der Waals surface area contributed by atoms with E-state index in [0.717, 1.165) is 25.9 Å².